The molecule has 0 spiro atoms. The van der Waals surface area contributed by atoms with Crippen molar-refractivity contribution in [2.45, 2.75) is 96.8 Å². The second-order valence-corrected chi connectivity index (χ2v) is 7.96. The van der Waals surface area contributed by atoms with Crippen LogP contribution in [0.15, 0.2) is 24.3 Å². The Morgan fingerprint density at radius 2 is 1.23 bits per heavy atom. The zero-order valence-electron chi connectivity index (χ0n) is 18.8. The summed E-state index contributed by atoms with van der Waals surface area (Å²) >= 11 is 0. The number of hydrogen-bond donors (Lipinski definition) is 2. The van der Waals surface area contributed by atoms with Gasteiger partial charge >= 0.3 is 11.9 Å². The van der Waals surface area contributed by atoms with Gasteiger partial charge in [0.2, 0.25) is 0 Å². The Labute approximate surface area is 182 Å². The SMILES string of the molecule is CCOC(=O)c1ccc(NCCCCCCCCCCCCCCCC(=O)O)cc1. The fourth-order valence-corrected chi connectivity index (χ4v) is 3.52. The van der Waals surface area contributed by atoms with Crippen molar-refractivity contribution in [1.82, 2.24) is 0 Å². The summed E-state index contributed by atoms with van der Waals surface area (Å²) in [5.41, 5.74) is 1.64. The van der Waals surface area contributed by atoms with Gasteiger partial charge in [0.1, 0.15) is 0 Å². The van der Waals surface area contributed by atoms with Gasteiger partial charge in [-0.2, -0.15) is 0 Å². The van der Waals surface area contributed by atoms with Crippen molar-refractivity contribution in [3.05, 3.63) is 29.8 Å². The number of carboxylic acid groups (broad SMARTS) is 1. The van der Waals surface area contributed by atoms with E-state index in [-0.39, 0.29) is 5.97 Å². The lowest BCUT2D eigenvalue weighted by atomic mass is 10.0. The van der Waals surface area contributed by atoms with E-state index < -0.39 is 5.97 Å². The van der Waals surface area contributed by atoms with Crippen LogP contribution in [0.3, 0.4) is 0 Å². The average molecular weight is 420 g/mol. The Bertz CT molecular complexity index is 571. The minimum atomic E-state index is -0.673. The minimum Gasteiger partial charge on any atom is -0.481 e. The van der Waals surface area contributed by atoms with Gasteiger partial charge in [-0.1, -0.05) is 70.6 Å². The highest BCUT2D eigenvalue weighted by atomic mass is 16.5. The summed E-state index contributed by atoms with van der Waals surface area (Å²) in [6.07, 6.45) is 16.3. The van der Waals surface area contributed by atoms with Crippen LogP contribution in [0, 0.1) is 0 Å². The van der Waals surface area contributed by atoms with Crippen LogP contribution in [0.4, 0.5) is 5.69 Å². The molecule has 30 heavy (non-hydrogen) atoms. The number of benzene rings is 1. The molecule has 0 saturated carbocycles. The lowest BCUT2D eigenvalue weighted by Crippen LogP contribution is -2.05. The third-order valence-electron chi connectivity index (χ3n) is 5.29. The highest BCUT2D eigenvalue weighted by molar-refractivity contribution is 5.89. The number of esters is 1. The number of nitrogens with one attached hydrogen (secondary N) is 1. The molecule has 0 amide bonds. The summed E-state index contributed by atoms with van der Waals surface area (Å²) in [5.74, 6) is -0.939. The van der Waals surface area contributed by atoms with Gasteiger partial charge in [0.15, 0.2) is 0 Å². The molecule has 5 nitrogen and oxygen atoms in total. The summed E-state index contributed by atoms with van der Waals surface area (Å²) in [6.45, 7) is 3.17. The van der Waals surface area contributed by atoms with Crippen LogP contribution in [-0.2, 0) is 9.53 Å². The normalized spacial score (nSPS) is 10.7. The number of aliphatic carboxylic acids is 1. The predicted molar refractivity (Wildman–Crippen MR) is 123 cm³/mol. The molecule has 0 fully saturated rings. The number of carboxylic acids is 1. The molecule has 0 saturated heterocycles. The smallest absolute Gasteiger partial charge is 0.338 e. The molecule has 0 unspecified atom stereocenters. The van der Waals surface area contributed by atoms with Gasteiger partial charge in [0, 0.05) is 18.7 Å². The summed E-state index contributed by atoms with van der Waals surface area (Å²) in [4.78, 5) is 22.0. The van der Waals surface area contributed by atoms with Gasteiger partial charge < -0.3 is 15.2 Å². The van der Waals surface area contributed by atoms with E-state index in [0.717, 1.165) is 25.1 Å². The summed E-state index contributed by atoms with van der Waals surface area (Å²) in [5, 5.41) is 12.0. The fourth-order valence-electron chi connectivity index (χ4n) is 3.52. The molecule has 0 aromatic heterocycles. The lowest BCUT2D eigenvalue weighted by molar-refractivity contribution is -0.137. The van der Waals surface area contributed by atoms with Crippen LogP contribution in [0.5, 0.6) is 0 Å². The first-order valence-electron chi connectivity index (χ1n) is 11.9. The molecule has 0 aliphatic rings. The standard InChI is InChI=1S/C25H41NO4/c1-2-30-25(29)22-17-19-23(20-18-22)26-21-15-13-11-9-7-5-3-4-6-8-10-12-14-16-24(27)28/h17-20,26H,2-16,21H2,1H3,(H,27,28). The van der Waals surface area contributed by atoms with E-state index in [1.807, 2.05) is 19.1 Å². The first-order chi connectivity index (χ1) is 14.6. The van der Waals surface area contributed by atoms with E-state index in [0.29, 0.717) is 18.6 Å². The molecule has 0 radical (unpaired) electrons. The van der Waals surface area contributed by atoms with Gasteiger partial charge in [0.25, 0.3) is 0 Å². The number of carbonyl (C=O) groups is 2. The molecular formula is C25H41NO4. The van der Waals surface area contributed by atoms with Gasteiger partial charge in [-0.05, 0) is 44.0 Å². The topological polar surface area (TPSA) is 75.6 Å². The molecule has 1 aromatic carbocycles. The summed E-state index contributed by atoms with van der Waals surface area (Å²) in [6, 6.07) is 7.48. The molecule has 0 atom stereocenters. The highest BCUT2D eigenvalue weighted by Crippen LogP contribution is 2.14. The van der Waals surface area contributed by atoms with E-state index in [1.54, 1.807) is 12.1 Å². The lowest BCUT2D eigenvalue weighted by Gasteiger charge is -2.07. The highest BCUT2D eigenvalue weighted by Gasteiger charge is 2.05. The Morgan fingerprint density at radius 3 is 1.70 bits per heavy atom. The molecule has 1 aromatic rings. The first-order valence-corrected chi connectivity index (χ1v) is 11.9. The van der Waals surface area contributed by atoms with E-state index in [9.17, 15) is 9.59 Å². The van der Waals surface area contributed by atoms with Gasteiger partial charge in [-0.15, -0.1) is 0 Å². The number of carbonyl (C=O) groups excluding carboxylic acids is 1. The number of anilines is 1. The third kappa shape index (κ3) is 14.0. The Morgan fingerprint density at radius 1 is 0.767 bits per heavy atom. The zero-order valence-corrected chi connectivity index (χ0v) is 18.8. The van der Waals surface area contributed by atoms with Crippen LogP contribution >= 0.6 is 0 Å². The largest absolute Gasteiger partial charge is 0.481 e. The van der Waals surface area contributed by atoms with Gasteiger partial charge in [-0.3, -0.25) is 4.79 Å². The van der Waals surface area contributed by atoms with E-state index in [4.69, 9.17) is 9.84 Å². The maximum Gasteiger partial charge on any atom is 0.338 e. The summed E-state index contributed by atoms with van der Waals surface area (Å²) in [7, 11) is 0. The molecule has 0 aliphatic carbocycles. The van der Waals surface area contributed by atoms with Crippen molar-refractivity contribution in [1.29, 1.82) is 0 Å². The van der Waals surface area contributed by atoms with Gasteiger partial charge in [-0.25, -0.2) is 4.79 Å². The molecule has 0 bridgehead atoms. The average Bonchev–Trinajstić information content (AvgIpc) is 2.73. The van der Waals surface area contributed by atoms with Gasteiger partial charge in [0.05, 0.1) is 12.2 Å². The van der Waals surface area contributed by atoms with Crippen molar-refractivity contribution in [2.75, 3.05) is 18.5 Å². The Hall–Kier alpha value is -2.04. The monoisotopic (exact) mass is 419 g/mol. The van der Waals surface area contributed by atoms with Crippen molar-refractivity contribution in [3.63, 3.8) is 0 Å². The molecule has 170 valence electrons. The first kappa shape index (κ1) is 26.0. The van der Waals surface area contributed by atoms with Crippen LogP contribution in [-0.4, -0.2) is 30.2 Å². The minimum absolute atomic E-state index is 0.267. The number of hydrogen-bond acceptors (Lipinski definition) is 4. The van der Waals surface area contributed by atoms with Crippen LogP contribution in [0.1, 0.15) is 107 Å². The Balaban J connectivity index is 1.85. The van der Waals surface area contributed by atoms with Crippen LogP contribution in [0.25, 0.3) is 0 Å². The quantitative estimate of drug-likeness (QED) is 0.190. The summed E-state index contributed by atoms with van der Waals surface area (Å²) < 4.78 is 4.99. The number of rotatable bonds is 19. The van der Waals surface area contributed by atoms with E-state index in [1.165, 1.54) is 70.6 Å². The molecule has 0 heterocycles. The molecular weight excluding hydrogens is 378 g/mol. The van der Waals surface area contributed by atoms with Crippen molar-refractivity contribution >= 4 is 17.6 Å². The predicted octanol–water partition coefficient (Wildman–Crippen LogP) is 6.82. The van der Waals surface area contributed by atoms with Crippen LogP contribution < -0.4 is 5.32 Å². The number of ether oxygens (including phenoxy) is 1. The molecule has 2 N–H and O–H groups in total. The molecule has 5 heteroatoms. The maximum absolute atomic E-state index is 11.6. The molecule has 1 rings (SSSR count). The van der Waals surface area contributed by atoms with Crippen molar-refractivity contribution in [2.24, 2.45) is 0 Å². The van der Waals surface area contributed by atoms with Crippen molar-refractivity contribution < 1.29 is 19.4 Å². The maximum atomic E-state index is 11.6. The van der Waals surface area contributed by atoms with Crippen molar-refractivity contribution in [3.8, 4) is 0 Å². The number of unbranched alkanes of at least 4 members (excludes halogenated alkanes) is 12. The second-order valence-electron chi connectivity index (χ2n) is 7.96. The fraction of sp³-hybridized carbons (Fsp3) is 0.680. The second kappa shape index (κ2) is 17.8. The van der Waals surface area contributed by atoms with E-state index >= 15 is 0 Å². The van der Waals surface area contributed by atoms with Crippen LogP contribution in [0.2, 0.25) is 0 Å². The van der Waals surface area contributed by atoms with E-state index in [2.05, 4.69) is 5.32 Å². The third-order valence-corrected chi connectivity index (χ3v) is 5.29. The Kier molecular flexibility index (Phi) is 15.4. The zero-order chi connectivity index (χ0) is 21.9. The molecule has 0 aliphatic heterocycles.